The normalized spacial score (nSPS) is 28.7. The maximum Gasteiger partial charge on any atom is 0.258 e. The van der Waals surface area contributed by atoms with Crippen LogP contribution >= 0.6 is 23.2 Å². The monoisotopic (exact) mass is 535 g/mol. The lowest BCUT2D eigenvalue weighted by atomic mass is 9.55. The third-order valence-corrected chi connectivity index (χ3v) is 8.55. The minimum atomic E-state index is -0.786. The number of ketones is 1. The molecule has 0 aromatic heterocycles. The van der Waals surface area contributed by atoms with Gasteiger partial charge in [0.25, 0.3) is 5.91 Å². The molecule has 2 bridgehead atoms. The number of hydrogen-bond donors (Lipinski definition) is 2. The van der Waals surface area contributed by atoms with Crippen LogP contribution in [-0.2, 0) is 9.59 Å². The number of carbonyl (C=O) groups excluding carboxylic acids is 2. The summed E-state index contributed by atoms with van der Waals surface area (Å²) in [7, 11) is 0. The molecule has 9 heteroatoms. The van der Waals surface area contributed by atoms with Crippen LogP contribution in [0.4, 0.5) is 4.39 Å². The predicted molar refractivity (Wildman–Crippen MR) is 133 cm³/mol. The summed E-state index contributed by atoms with van der Waals surface area (Å²) in [6.45, 7) is -0.208. The SMILES string of the molecule is O=C(COc1ccc(Cl)c(F)c1)NC12CCC(CC(=O)[C@H]3C[C@@H](O)c4cc(Cl)ccc4O3)(CC1)CC2. The van der Waals surface area contributed by atoms with Crippen molar-refractivity contribution in [3.8, 4) is 11.5 Å². The molecule has 0 radical (unpaired) electrons. The Morgan fingerprint density at radius 3 is 2.50 bits per heavy atom. The van der Waals surface area contributed by atoms with Crippen molar-refractivity contribution in [2.45, 2.75) is 69.1 Å². The topological polar surface area (TPSA) is 84.9 Å². The van der Waals surface area contributed by atoms with E-state index >= 15 is 0 Å². The average molecular weight is 536 g/mol. The van der Waals surface area contributed by atoms with E-state index in [-0.39, 0.29) is 46.4 Å². The van der Waals surface area contributed by atoms with Crippen LogP contribution in [0.15, 0.2) is 36.4 Å². The summed E-state index contributed by atoms with van der Waals surface area (Å²) in [5, 5.41) is 14.2. The Kier molecular flexibility index (Phi) is 6.92. The molecule has 3 saturated carbocycles. The number of rotatable bonds is 7. The molecule has 4 aliphatic rings. The molecule has 2 atom stereocenters. The van der Waals surface area contributed by atoms with Crippen molar-refractivity contribution >= 4 is 34.9 Å². The van der Waals surface area contributed by atoms with Crippen LogP contribution < -0.4 is 14.8 Å². The van der Waals surface area contributed by atoms with Crippen LogP contribution in [0.3, 0.4) is 0 Å². The molecule has 2 N–H and O–H groups in total. The van der Waals surface area contributed by atoms with Crippen molar-refractivity contribution in [1.29, 1.82) is 0 Å². The van der Waals surface area contributed by atoms with Crippen LogP contribution in [0.2, 0.25) is 10.0 Å². The quantitative estimate of drug-likeness (QED) is 0.484. The first-order valence-corrected chi connectivity index (χ1v) is 13.0. The highest BCUT2D eigenvalue weighted by atomic mass is 35.5. The second kappa shape index (κ2) is 9.84. The fourth-order valence-corrected chi connectivity index (χ4v) is 6.16. The van der Waals surface area contributed by atoms with E-state index in [9.17, 15) is 19.1 Å². The first-order chi connectivity index (χ1) is 17.2. The number of aliphatic hydroxyl groups is 1. The molecular formula is C27H28Cl2FNO5. The predicted octanol–water partition coefficient (Wildman–Crippen LogP) is 5.56. The van der Waals surface area contributed by atoms with Crippen molar-refractivity contribution in [3.05, 3.63) is 57.8 Å². The molecule has 3 aliphatic carbocycles. The van der Waals surface area contributed by atoms with Gasteiger partial charge in [-0.1, -0.05) is 23.2 Å². The van der Waals surface area contributed by atoms with Crippen LogP contribution in [0.1, 0.15) is 63.0 Å². The number of benzene rings is 2. The minimum absolute atomic E-state index is 0.00183. The molecule has 0 unspecified atom stereocenters. The Hall–Kier alpha value is -2.35. The molecule has 3 fully saturated rings. The fourth-order valence-electron chi connectivity index (χ4n) is 5.86. The molecule has 2 aromatic carbocycles. The molecule has 0 spiro atoms. The first kappa shape index (κ1) is 25.3. The van der Waals surface area contributed by atoms with Gasteiger partial charge in [0.1, 0.15) is 17.3 Å². The number of hydrogen-bond acceptors (Lipinski definition) is 5. The Morgan fingerprint density at radius 1 is 1.08 bits per heavy atom. The zero-order valence-electron chi connectivity index (χ0n) is 19.7. The molecule has 1 aliphatic heterocycles. The van der Waals surface area contributed by atoms with Crippen molar-refractivity contribution in [2.75, 3.05) is 6.61 Å². The van der Waals surface area contributed by atoms with Crippen LogP contribution in [-0.4, -0.2) is 35.0 Å². The van der Waals surface area contributed by atoms with Crippen LogP contribution in [0.25, 0.3) is 0 Å². The number of Topliss-reactive ketones (excluding diaryl/α,β-unsaturated/α-hetero) is 1. The van der Waals surface area contributed by atoms with Gasteiger partial charge in [-0.3, -0.25) is 9.59 Å². The van der Waals surface area contributed by atoms with E-state index in [1.54, 1.807) is 18.2 Å². The van der Waals surface area contributed by atoms with E-state index in [0.29, 0.717) is 22.8 Å². The summed E-state index contributed by atoms with van der Waals surface area (Å²) >= 11 is 11.7. The van der Waals surface area contributed by atoms with E-state index in [1.807, 2.05) is 0 Å². The zero-order chi connectivity index (χ0) is 25.5. The molecule has 1 heterocycles. The maximum atomic E-state index is 13.6. The van der Waals surface area contributed by atoms with Crippen molar-refractivity contribution in [2.24, 2.45) is 5.41 Å². The standard InChI is InChI=1S/C27H28Cl2FNO5/c28-16-1-4-23-18(11-16)21(32)13-24(36-23)22(33)14-26-5-8-27(9-6-26,10-7-26)31-25(34)15-35-17-2-3-19(29)20(30)12-17/h1-4,11-12,21,24,32H,5-10,13-15H2,(H,31,34)/t21-,24-,26?,27?/m1/s1. The smallest absolute Gasteiger partial charge is 0.258 e. The van der Waals surface area contributed by atoms with Gasteiger partial charge in [0.05, 0.1) is 11.1 Å². The summed E-state index contributed by atoms with van der Waals surface area (Å²) in [6, 6.07) is 9.13. The third kappa shape index (κ3) is 5.20. The number of aliphatic hydroxyl groups excluding tert-OH is 1. The lowest BCUT2D eigenvalue weighted by Crippen LogP contribution is -2.58. The van der Waals surface area contributed by atoms with Crippen LogP contribution in [0.5, 0.6) is 11.5 Å². The highest BCUT2D eigenvalue weighted by Crippen LogP contribution is 2.54. The van der Waals surface area contributed by atoms with Crippen LogP contribution in [0, 0.1) is 11.2 Å². The lowest BCUT2D eigenvalue weighted by molar-refractivity contribution is -0.135. The van der Waals surface area contributed by atoms with Gasteiger partial charge in [-0.05, 0) is 74.3 Å². The first-order valence-electron chi connectivity index (χ1n) is 12.2. The number of amides is 1. The molecule has 2 aromatic rings. The number of carbonyl (C=O) groups is 2. The van der Waals surface area contributed by atoms with Crippen molar-refractivity contribution in [1.82, 2.24) is 5.32 Å². The van der Waals surface area contributed by atoms with Crippen molar-refractivity contribution in [3.63, 3.8) is 0 Å². The molecule has 36 heavy (non-hydrogen) atoms. The van der Waals surface area contributed by atoms with E-state index in [4.69, 9.17) is 32.7 Å². The Morgan fingerprint density at radius 2 is 1.81 bits per heavy atom. The second-order valence-electron chi connectivity index (χ2n) is 10.4. The number of halogens is 3. The number of fused-ring (bicyclic) bond motifs is 4. The molecular weight excluding hydrogens is 508 g/mol. The highest BCUT2D eigenvalue weighted by molar-refractivity contribution is 6.31. The zero-order valence-corrected chi connectivity index (χ0v) is 21.2. The van der Waals surface area contributed by atoms with Gasteiger partial charge in [0, 0.05) is 35.0 Å². The van der Waals surface area contributed by atoms with Gasteiger partial charge in [0.2, 0.25) is 0 Å². The van der Waals surface area contributed by atoms with Gasteiger partial charge >= 0.3 is 0 Å². The Bertz CT molecular complexity index is 1160. The van der Waals surface area contributed by atoms with Gasteiger partial charge in [-0.25, -0.2) is 4.39 Å². The number of ether oxygens (including phenoxy) is 2. The summed E-state index contributed by atoms with van der Waals surface area (Å²) in [5.74, 6) is -0.0852. The molecule has 6 rings (SSSR count). The van der Waals surface area contributed by atoms with E-state index in [0.717, 1.165) is 44.6 Å². The second-order valence-corrected chi connectivity index (χ2v) is 11.2. The van der Waals surface area contributed by atoms with Gasteiger partial charge in [-0.15, -0.1) is 0 Å². The summed E-state index contributed by atoms with van der Waals surface area (Å²) in [5.41, 5.74) is 0.215. The number of nitrogens with one attached hydrogen (secondary N) is 1. The van der Waals surface area contributed by atoms with Crippen molar-refractivity contribution < 1.29 is 28.6 Å². The average Bonchev–Trinajstić information content (AvgIpc) is 2.86. The molecule has 1 amide bonds. The summed E-state index contributed by atoms with van der Waals surface area (Å²) in [4.78, 5) is 25.8. The molecule has 6 nitrogen and oxygen atoms in total. The van der Waals surface area contributed by atoms with E-state index < -0.39 is 18.0 Å². The summed E-state index contributed by atoms with van der Waals surface area (Å²) < 4.78 is 25.0. The minimum Gasteiger partial charge on any atom is -0.484 e. The third-order valence-electron chi connectivity index (χ3n) is 8.01. The van der Waals surface area contributed by atoms with E-state index in [1.165, 1.54) is 12.1 Å². The van der Waals surface area contributed by atoms with Gasteiger partial charge in [0.15, 0.2) is 18.5 Å². The van der Waals surface area contributed by atoms with Gasteiger partial charge < -0.3 is 19.9 Å². The lowest BCUT2D eigenvalue weighted by Gasteiger charge is -2.53. The fraction of sp³-hybridized carbons (Fsp3) is 0.481. The maximum absolute atomic E-state index is 13.6. The molecule has 0 saturated heterocycles. The molecule has 192 valence electrons. The van der Waals surface area contributed by atoms with Gasteiger partial charge in [-0.2, -0.15) is 0 Å². The Balaban J connectivity index is 1.14. The largest absolute Gasteiger partial charge is 0.484 e. The highest BCUT2D eigenvalue weighted by Gasteiger charge is 2.50. The summed E-state index contributed by atoms with van der Waals surface area (Å²) in [6.07, 6.45) is 4.04. The van der Waals surface area contributed by atoms with E-state index in [2.05, 4.69) is 5.32 Å². The Labute approximate surface area is 219 Å².